The van der Waals surface area contributed by atoms with Gasteiger partial charge in [-0.2, -0.15) is 0 Å². The summed E-state index contributed by atoms with van der Waals surface area (Å²) in [6.45, 7) is 5.65. The minimum absolute atomic E-state index is 0.0589. The first kappa shape index (κ1) is 22.9. The molecule has 0 bridgehead atoms. The third kappa shape index (κ3) is 3.03. The van der Waals surface area contributed by atoms with Crippen LogP contribution >= 0.6 is 0 Å². The molecule has 0 saturated carbocycles. The second-order valence-corrected chi connectivity index (χ2v) is 10.5. The standard InChI is InChI=1S/C31H31N3O2/c1-20-8-12-22(13-9-20)16-24-17-32-19-30(28(24)35)26(23-14-10-21(2)11-15-23)18-34(3)31(30)25-6-4-5-7-27(25)33-29(31)36/h4-16,26,32H,17-19H2,1-3H3,(H,33,36)/b24-16+/t26-,30+,31+/m0/s1. The lowest BCUT2D eigenvalue weighted by molar-refractivity contribution is -0.143. The van der Waals surface area contributed by atoms with Crippen LogP contribution in [0.25, 0.3) is 6.08 Å². The van der Waals surface area contributed by atoms with Crippen LogP contribution in [0.4, 0.5) is 5.69 Å². The predicted octanol–water partition coefficient (Wildman–Crippen LogP) is 4.42. The van der Waals surface area contributed by atoms with Crippen molar-refractivity contribution in [3.8, 4) is 0 Å². The fraction of sp³-hybridized carbons (Fsp3) is 0.290. The summed E-state index contributed by atoms with van der Waals surface area (Å²) in [6.07, 6.45) is 1.99. The molecule has 5 nitrogen and oxygen atoms in total. The number of hydrogen-bond donors (Lipinski definition) is 2. The summed E-state index contributed by atoms with van der Waals surface area (Å²) >= 11 is 0. The van der Waals surface area contributed by atoms with E-state index in [4.69, 9.17) is 0 Å². The monoisotopic (exact) mass is 477 g/mol. The zero-order valence-corrected chi connectivity index (χ0v) is 21.0. The molecule has 36 heavy (non-hydrogen) atoms. The Morgan fingerprint density at radius 2 is 1.58 bits per heavy atom. The van der Waals surface area contributed by atoms with Crippen LogP contribution in [0.2, 0.25) is 0 Å². The van der Waals surface area contributed by atoms with E-state index < -0.39 is 11.0 Å². The molecular weight excluding hydrogens is 446 g/mol. The van der Waals surface area contributed by atoms with E-state index in [0.29, 0.717) is 25.2 Å². The van der Waals surface area contributed by atoms with Gasteiger partial charge in [0.15, 0.2) is 5.78 Å². The Morgan fingerprint density at radius 1 is 0.917 bits per heavy atom. The van der Waals surface area contributed by atoms with Gasteiger partial charge in [0, 0.05) is 42.4 Å². The number of likely N-dealkylation sites (N-methyl/N-ethyl adjacent to an activating group) is 1. The van der Waals surface area contributed by atoms with Gasteiger partial charge in [-0.15, -0.1) is 0 Å². The average Bonchev–Trinajstić information content (AvgIpc) is 3.32. The number of fused-ring (bicyclic) bond motifs is 3. The van der Waals surface area contributed by atoms with Gasteiger partial charge >= 0.3 is 0 Å². The number of piperidine rings is 1. The number of anilines is 1. The fourth-order valence-electron chi connectivity index (χ4n) is 6.81. The fourth-order valence-corrected chi connectivity index (χ4v) is 6.81. The summed E-state index contributed by atoms with van der Waals surface area (Å²) in [4.78, 5) is 31.0. The van der Waals surface area contributed by atoms with Gasteiger partial charge in [0.25, 0.3) is 5.91 Å². The van der Waals surface area contributed by atoms with Gasteiger partial charge in [0.2, 0.25) is 0 Å². The second kappa shape index (κ2) is 8.26. The van der Waals surface area contributed by atoms with Gasteiger partial charge in [-0.3, -0.25) is 14.5 Å². The molecule has 3 atom stereocenters. The number of nitrogens with one attached hydrogen (secondary N) is 2. The van der Waals surface area contributed by atoms with Crippen molar-refractivity contribution in [3.05, 3.63) is 106 Å². The molecule has 6 rings (SSSR count). The Bertz CT molecular complexity index is 1390. The molecule has 182 valence electrons. The molecule has 2 saturated heterocycles. The Kier molecular flexibility index (Phi) is 5.25. The minimum atomic E-state index is -1.10. The summed E-state index contributed by atoms with van der Waals surface area (Å²) in [6, 6.07) is 24.5. The highest BCUT2D eigenvalue weighted by Gasteiger charge is 2.74. The van der Waals surface area contributed by atoms with E-state index in [0.717, 1.165) is 22.4 Å². The molecule has 2 spiro atoms. The highest BCUT2D eigenvalue weighted by molar-refractivity contribution is 6.15. The molecule has 2 N–H and O–H groups in total. The number of ketones is 1. The molecule has 3 heterocycles. The topological polar surface area (TPSA) is 61.4 Å². The maximum absolute atomic E-state index is 14.8. The summed E-state index contributed by atoms with van der Waals surface area (Å²) in [5, 5.41) is 6.69. The second-order valence-electron chi connectivity index (χ2n) is 10.5. The molecule has 3 aliphatic heterocycles. The van der Waals surface area contributed by atoms with Crippen molar-refractivity contribution in [2.45, 2.75) is 25.3 Å². The van der Waals surface area contributed by atoms with Gasteiger partial charge in [-0.25, -0.2) is 0 Å². The summed E-state index contributed by atoms with van der Waals surface area (Å²) < 4.78 is 0. The van der Waals surface area contributed by atoms with E-state index in [1.54, 1.807) is 0 Å². The number of Topliss-reactive ketones (excluding diaryl/α,β-unsaturated/α-hetero) is 1. The Balaban J connectivity index is 1.59. The Labute approximate surface area is 212 Å². The SMILES string of the molecule is Cc1ccc(/C=C2\CNC[C@]3(C2=O)[C@H](c2ccc(C)cc2)CN(C)[C@]32C(=O)Nc3ccccc32)cc1. The van der Waals surface area contributed by atoms with E-state index in [1.807, 2.05) is 49.5 Å². The first-order valence-electron chi connectivity index (χ1n) is 12.6. The Hall–Kier alpha value is -3.54. The van der Waals surface area contributed by atoms with Crippen molar-refractivity contribution in [1.29, 1.82) is 0 Å². The number of rotatable bonds is 2. The molecule has 3 aromatic rings. The number of carbonyl (C=O) groups excluding carboxylic acids is 2. The minimum Gasteiger partial charge on any atom is -0.324 e. The molecule has 0 radical (unpaired) electrons. The molecular formula is C31H31N3O2. The number of para-hydroxylation sites is 1. The molecule has 0 unspecified atom stereocenters. The van der Waals surface area contributed by atoms with Crippen molar-refractivity contribution >= 4 is 23.5 Å². The van der Waals surface area contributed by atoms with Crippen LogP contribution in [0.5, 0.6) is 0 Å². The van der Waals surface area contributed by atoms with Crippen LogP contribution in [0.3, 0.4) is 0 Å². The number of nitrogens with zero attached hydrogens (tertiary/aromatic N) is 1. The van der Waals surface area contributed by atoms with E-state index in [9.17, 15) is 9.59 Å². The number of benzene rings is 3. The third-order valence-corrected chi connectivity index (χ3v) is 8.48. The highest BCUT2D eigenvalue weighted by Crippen LogP contribution is 2.63. The van der Waals surface area contributed by atoms with E-state index in [1.165, 1.54) is 11.1 Å². The lowest BCUT2D eigenvalue weighted by Gasteiger charge is -2.48. The van der Waals surface area contributed by atoms with Crippen molar-refractivity contribution in [1.82, 2.24) is 10.2 Å². The lowest BCUT2D eigenvalue weighted by atomic mass is 9.56. The third-order valence-electron chi connectivity index (χ3n) is 8.48. The summed E-state index contributed by atoms with van der Waals surface area (Å²) in [5.41, 5.74) is 4.73. The first-order valence-corrected chi connectivity index (χ1v) is 12.6. The summed E-state index contributed by atoms with van der Waals surface area (Å²) in [7, 11) is 1.99. The van der Waals surface area contributed by atoms with Crippen molar-refractivity contribution in [3.63, 3.8) is 0 Å². The number of aryl methyl sites for hydroxylation is 2. The van der Waals surface area contributed by atoms with E-state index in [-0.39, 0.29) is 17.6 Å². The quantitative estimate of drug-likeness (QED) is 0.537. The van der Waals surface area contributed by atoms with Crippen molar-refractivity contribution in [2.75, 3.05) is 32.0 Å². The molecule has 0 aliphatic carbocycles. The van der Waals surface area contributed by atoms with Gasteiger partial charge in [0.1, 0.15) is 5.54 Å². The molecule has 5 heteroatoms. The number of carbonyl (C=O) groups is 2. The molecule has 0 aromatic heterocycles. The molecule has 2 fully saturated rings. The maximum atomic E-state index is 14.8. The van der Waals surface area contributed by atoms with Crippen LogP contribution in [-0.2, 0) is 15.1 Å². The van der Waals surface area contributed by atoms with Gasteiger partial charge in [-0.05, 0) is 44.2 Å². The number of amides is 1. The van der Waals surface area contributed by atoms with Gasteiger partial charge < -0.3 is 10.6 Å². The molecule has 3 aliphatic rings. The summed E-state index contributed by atoms with van der Waals surface area (Å²) in [5.74, 6) is -0.210. The number of likely N-dealkylation sites (tertiary alicyclic amines) is 1. The van der Waals surface area contributed by atoms with Crippen LogP contribution in [-0.4, -0.2) is 43.3 Å². The lowest BCUT2D eigenvalue weighted by Crippen LogP contribution is -2.65. The maximum Gasteiger partial charge on any atom is 0.250 e. The van der Waals surface area contributed by atoms with E-state index >= 15 is 0 Å². The largest absolute Gasteiger partial charge is 0.324 e. The van der Waals surface area contributed by atoms with Crippen LogP contribution in [0.1, 0.15) is 33.7 Å². The van der Waals surface area contributed by atoms with Gasteiger partial charge in [-0.1, -0.05) is 77.9 Å². The number of hydrogen-bond acceptors (Lipinski definition) is 4. The average molecular weight is 478 g/mol. The smallest absolute Gasteiger partial charge is 0.250 e. The predicted molar refractivity (Wildman–Crippen MR) is 143 cm³/mol. The van der Waals surface area contributed by atoms with Gasteiger partial charge in [0.05, 0.1) is 5.41 Å². The van der Waals surface area contributed by atoms with Crippen LogP contribution < -0.4 is 10.6 Å². The van der Waals surface area contributed by atoms with Crippen LogP contribution in [0.15, 0.2) is 78.4 Å². The van der Waals surface area contributed by atoms with Crippen LogP contribution in [0, 0.1) is 19.3 Å². The molecule has 3 aromatic carbocycles. The van der Waals surface area contributed by atoms with E-state index in [2.05, 4.69) is 65.8 Å². The van der Waals surface area contributed by atoms with Crippen molar-refractivity contribution in [2.24, 2.45) is 5.41 Å². The Morgan fingerprint density at radius 3 is 2.31 bits per heavy atom. The first-order chi connectivity index (χ1) is 17.4. The van der Waals surface area contributed by atoms with Crippen molar-refractivity contribution < 1.29 is 9.59 Å². The zero-order valence-electron chi connectivity index (χ0n) is 21.0. The zero-order chi connectivity index (χ0) is 25.1. The normalized spacial score (nSPS) is 28.8. The molecule has 1 amide bonds. The highest BCUT2D eigenvalue weighted by atomic mass is 16.2.